The van der Waals surface area contributed by atoms with Crippen LogP contribution in [0.5, 0.6) is 0 Å². The molecule has 0 radical (unpaired) electrons. The fraction of sp³-hybridized carbons (Fsp3) is 0.375. The monoisotopic (exact) mass is 554 g/mol. The van der Waals surface area contributed by atoms with Crippen LogP contribution in [0.2, 0.25) is 0 Å². The molecule has 2 fully saturated rings. The molecule has 196 valence electrons. The van der Waals surface area contributed by atoms with Gasteiger partial charge in [-0.1, -0.05) is 36.0 Å². The molecule has 0 spiro atoms. The van der Waals surface area contributed by atoms with Gasteiger partial charge in [-0.05, 0) is 61.4 Å². The maximum Gasteiger partial charge on any atom is 0.416 e. The molecule has 2 N–H and O–H groups in total. The summed E-state index contributed by atoms with van der Waals surface area (Å²) in [6, 6.07) is 8.03. The van der Waals surface area contributed by atoms with E-state index in [1.807, 2.05) is 0 Å². The third-order valence-corrected chi connectivity index (χ3v) is 9.22. The number of halogens is 4. The van der Waals surface area contributed by atoms with Crippen molar-refractivity contribution in [3.05, 3.63) is 70.0 Å². The molecular formula is C24H22F4N4O3S2. The summed E-state index contributed by atoms with van der Waals surface area (Å²) in [5.74, 6) is -1.54. The van der Waals surface area contributed by atoms with Gasteiger partial charge in [0, 0.05) is 12.0 Å². The van der Waals surface area contributed by atoms with Gasteiger partial charge in [-0.3, -0.25) is 10.1 Å². The molecule has 1 heterocycles. The van der Waals surface area contributed by atoms with E-state index in [-0.39, 0.29) is 16.6 Å². The minimum atomic E-state index is -4.49. The number of amides is 1. The number of nitrogens with zero attached hydrogens (tertiary/aromatic N) is 2. The molecule has 2 saturated carbocycles. The average molecular weight is 555 g/mol. The number of carbonyl (C=O) groups is 1. The summed E-state index contributed by atoms with van der Waals surface area (Å²) in [5.41, 5.74) is -1.53. The number of sulfonamides is 1. The van der Waals surface area contributed by atoms with Crippen molar-refractivity contribution in [1.29, 1.82) is 0 Å². The van der Waals surface area contributed by atoms with Crippen LogP contribution in [0.15, 0.2) is 47.4 Å². The third kappa shape index (κ3) is 5.25. The minimum absolute atomic E-state index is 0.0257. The van der Waals surface area contributed by atoms with Crippen LogP contribution < -0.4 is 10.0 Å². The fourth-order valence-electron chi connectivity index (χ4n) is 4.26. The quantitative estimate of drug-likeness (QED) is 0.377. The molecule has 13 heteroatoms. The van der Waals surface area contributed by atoms with Crippen LogP contribution >= 0.6 is 11.3 Å². The SMILES string of the molecule is O=C(Nc1nnc(C2(c3cccc(C(F)(F)F)c3)CCC2)s1)c1cc(S(=O)(=O)NCC2CC2)ccc1F. The number of nitrogens with one attached hydrogen (secondary N) is 2. The lowest BCUT2D eigenvalue weighted by molar-refractivity contribution is -0.137. The van der Waals surface area contributed by atoms with Gasteiger partial charge < -0.3 is 0 Å². The van der Waals surface area contributed by atoms with E-state index in [0.717, 1.165) is 60.9 Å². The zero-order chi connectivity index (χ0) is 26.4. The van der Waals surface area contributed by atoms with E-state index in [4.69, 9.17) is 0 Å². The highest BCUT2D eigenvalue weighted by Crippen LogP contribution is 2.51. The lowest BCUT2D eigenvalue weighted by Crippen LogP contribution is -2.35. The van der Waals surface area contributed by atoms with Gasteiger partial charge in [0.2, 0.25) is 15.2 Å². The molecule has 0 atom stereocenters. The smallest absolute Gasteiger partial charge is 0.296 e. The van der Waals surface area contributed by atoms with Crippen LogP contribution in [0, 0.1) is 11.7 Å². The number of carbonyl (C=O) groups excluding carboxylic acids is 1. The summed E-state index contributed by atoms with van der Waals surface area (Å²) in [5, 5.41) is 11.0. The lowest BCUT2D eigenvalue weighted by Gasteiger charge is -2.40. The average Bonchev–Trinajstić information content (AvgIpc) is 3.55. The van der Waals surface area contributed by atoms with Gasteiger partial charge in [-0.15, -0.1) is 10.2 Å². The van der Waals surface area contributed by atoms with E-state index in [2.05, 4.69) is 20.2 Å². The summed E-state index contributed by atoms with van der Waals surface area (Å²) in [4.78, 5) is 12.6. The Balaban J connectivity index is 1.36. The second-order valence-corrected chi connectivity index (χ2v) is 12.1. The van der Waals surface area contributed by atoms with E-state index in [9.17, 15) is 30.8 Å². The summed E-state index contributed by atoms with van der Waals surface area (Å²) >= 11 is 0.992. The van der Waals surface area contributed by atoms with Crippen molar-refractivity contribution in [2.45, 2.75) is 48.6 Å². The summed E-state index contributed by atoms with van der Waals surface area (Å²) < 4.78 is 81.7. The van der Waals surface area contributed by atoms with Gasteiger partial charge in [0.25, 0.3) is 5.91 Å². The van der Waals surface area contributed by atoms with Crippen LogP contribution in [-0.2, 0) is 21.6 Å². The van der Waals surface area contributed by atoms with Gasteiger partial charge >= 0.3 is 6.18 Å². The summed E-state index contributed by atoms with van der Waals surface area (Å²) in [7, 11) is -3.92. The Kier molecular flexibility index (Phi) is 6.57. The molecule has 0 aliphatic heterocycles. The van der Waals surface area contributed by atoms with Gasteiger partial charge in [-0.2, -0.15) is 13.2 Å². The maximum atomic E-state index is 14.4. The Morgan fingerprint density at radius 1 is 1.11 bits per heavy atom. The van der Waals surface area contributed by atoms with Gasteiger partial charge in [0.15, 0.2) is 0 Å². The van der Waals surface area contributed by atoms with E-state index >= 15 is 0 Å². The van der Waals surface area contributed by atoms with E-state index in [1.165, 1.54) is 6.07 Å². The molecule has 2 aliphatic rings. The number of hydrogen-bond acceptors (Lipinski definition) is 6. The van der Waals surface area contributed by atoms with E-state index in [1.54, 1.807) is 6.07 Å². The molecule has 37 heavy (non-hydrogen) atoms. The van der Waals surface area contributed by atoms with Crippen molar-refractivity contribution in [3.8, 4) is 0 Å². The number of aromatic nitrogens is 2. The zero-order valence-electron chi connectivity index (χ0n) is 19.3. The molecule has 0 saturated heterocycles. The van der Waals surface area contributed by atoms with Crippen LogP contribution in [0.25, 0.3) is 0 Å². The molecular weight excluding hydrogens is 532 g/mol. The van der Waals surface area contributed by atoms with Crippen molar-refractivity contribution in [3.63, 3.8) is 0 Å². The molecule has 0 bridgehead atoms. The third-order valence-electron chi connectivity index (χ3n) is 6.76. The van der Waals surface area contributed by atoms with Crippen molar-refractivity contribution >= 4 is 32.4 Å². The first-order chi connectivity index (χ1) is 17.5. The van der Waals surface area contributed by atoms with Gasteiger partial charge in [-0.25, -0.2) is 17.5 Å². The highest BCUT2D eigenvalue weighted by atomic mass is 32.2. The van der Waals surface area contributed by atoms with Gasteiger partial charge in [0.1, 0.15) is 10.8 Å². The van der Waals surface area contributed by atoms with E-state index < -0.39 is 44.5 Å². The predicted molar refractivity (Wildman–Crippen MR) is 128 cm³/mol. The largest absolute Gasteiger partial charge is 0.416 e. The minimum Gasteiger partial charge on any atom is -0.296 e. The topological polar surface area (TPSA) is 101 Å². The summed E-state index contributed by atoms with van der Waals surface area (Å²) in [6.07, 6.45) is -0.672. The van der Waals surface area contributed by atoms with Crippen molar-refractivity contribution in [1.82, 2.24) is 14.9 Å². The number of alkyl halides is 3. The van der Waals surface area contributed by atoms with Crippen molar-refractivity contribution in [2.24, 2.45) is 5.92 Å². The van der Waals surface area contributed by atoms with Gasteiger partial charge in [0.05, 0.1) is 16.0 Å². The number of anilines is 1. The fourth-order valence-corrected chi connectivity index (χ4v) is 6.41. The molecule has 1 aromatic heterocycles. The molecule has 1 amide bonds. The van der Waals surface area contributed by atoms with Crippen molar-refractivity contribution < 1.29 is 30.8 Å². The standard InChI is InChI=1S/C24H22F4N4O3S2/c25-19-8-7-17(37(34,35)29-13-14-5-6-14)12-18(19)20(33)30-22-32-31-21(36-22)23(9-2-10-23)15-3-1-4-16(11-15)24(26,27)28/h1,3-4,7-8,11-12,14,29H,2,5-6,9-10,13H2,(H,30,32,33). The first-order valence-electron chi connectivity index (χ1n) is 11.6. The normalized spacial score (nSPS) is 17.3. The molecule has 7 nitrogen and oxygen atoms in total. The predicted octanol–water partition coefficient (Wildman–Crippen LogP) is 5.11. The van der Waals surface area contributed by atoms with Crippen molar-refractivity contribution in [2.75, 3.05) is 11.9 Å². The van der Waals surface area contributed by atoms with Crippen LogP contribution in [0.1, 0.15) is 58.6 Å². The second kappa shape index (κ2) is 9.44. The Morgan fingerprint density at radius 3 is 2.51 bits per heavy atom. The van der Waals surface area contributed by atoms with Crippen LogP contribution in [-0.4, -0.2) is 31.1 Å². The zero-order valence-corrected chi connectivity index (χ0v) is 20.9. The lowest BCUT2D eigenvalue weighted by atomic mass is 9.64. The first-order valence-corrected chi connectivity index (χ1v) is 13.9. The Hall–Kier alpha value is -2.90. The van der Waals surface area contributed by atoms with E-state index in [0.29, 0.717) is 29.3 Å². The van der Waals surface area contributed by atoms with Crippen LogP contribution in [0.3, 0.4) is 0 Å². The Morgan fingerprint density at radius 2 is 1.86 bits per heavy atom. The molecule has 2 aromatic carbocycles. The number of rotatable bonds is 8. The number of hydrogen-bond donors (Lipinski definition) is 2. The first kappa shape index (κ1) is 25.7. The molecule has 0 unspecified atom stereocenters. The highest BCUT2D eigenvalue weighted by molar-refractivity contribution is 7.89. The Labute approximate surface area is 214 Å². The maximum absolute atomic E-state index is 14.4. The molecule has 3 aromatic rings. The second-order valence-electron chi connectivity index (χ2n) is 9.32. The summed E-state index contributed by atoms with van der Waals surface area (Å²) in [6.45, 7) is 0.280. The highest BCUT2D eigenvalue weighted by Gasteiger charge is 2.44. The Bertz CT molecular complexity index is 1450. The molecule has 5 rings (SSSR count). The van der Waals surface area contributed by atoms with Crippen LogP contribution in [0.4, 0.5) is 22.7 Å². The molecule has 2 aliphatic carbocycles. The number of benzene rings is 2.